The van der Waals surface area contributed by atoms with Gasteiger partial charge in [0.15, 0.2) is 5.78 Å². The summed E-state index contributed by atoms with van der Waals surface area (Å²) in [6, 6.07) is 5.39. The highest BCUT2D eigenvalue weighted by molar-refractivity contribution is 5.96. The van der Waals surface area contributed by atoms with Crippen molar-refractivity contribution >= 4 is 11.6 Å². The van der Waals surface area contributed by atoms with Crippen LogP contribution in [0.3, 0.4) is 0 Å². The number of carbonyl (C=O) groups is 2. The van der Waals surface area contributed by atoms with Gasteiger partial charge in [0.05, 0.1) is 7.11 Å². The molecule has 17 heavy (non-hydrogen) atoms. The summed E-state index contributed by atoms with van der Waals surface area (Å²) in [5.41, 5.74) is 1.64. The number of methoxy groups -OCH3 is 1. The fraction of sp³-hybridized carbons (Fsp3) is 0.429. The summed E-state index contributed by atoms with van der Waals surface area (Å²) in [7, 11) is 1.61. The van der Waals surface area contributed by atoms with Crippen molar-refractivity contribution < 1.29 is 14.3 Å². The number of hydrogen-bond donors (Lipinski definition) is 0. The highest BCUT2D eigenvalue weighted by atomic mass is 16.5. The van der Waals surface area contributed by atoms with Crippen LogP contribution in [0.5, 0.6) is 5.75 Å². The molecule has 0 aromatic heterocycles. The maximum absolute atomic E-state index is 11.8. The Hall–Kier alpha value is -1.64. The SMILES string of the molecule is COc1ccc(C(=O)CCCC(C)=O)cc1C. The van der Waals surface area contributed by atoms with Crippen LogP contribution in [0.1, 0.15) is 42.1 Å². The summed E-state index contributed by atoms with van der Waals surface area (Å²) in [5, 5.41) is 0. The minimum absolute atomic E-state index is 0.0806. The largest absolute Gasteiger partial charge is 0.496 e. The first-order valence-corrected chi connectivity index (χ1v) is 5.72. The van der Waals surface area contributed by atoms with E-state index in [4.69, 9.17) is 4.74 Å². The van der Waals surface area contributed by atoms with E-state index in [1.165, 1.54) is 0 Å². The minimum atomic E-state index is 0.0806. The summed E-state index contributed by atoms with van der Waals surface area (Å²) in [5.74, 6) is 0.992. The number of Topliss-reactive ketones (excluding diaryl/α,β-unsaturated/α-hetero) is 2. The van der Waals surface area contributed by atoms with Gasteiger partial charge in [-0.3, -0.25) is 4.79 Å². The van der Waals surface area contributed by atoms with E-state index in [9.17, 15) is 9.59 Å². The fourth-order valence-electron chi connectivity index (χ4n) is 1.69. The van der Waals surface area contributed by atoms with E-state index in [0.29, 0.717) is 24.8 Å². The molecule has 3 heteroatoms. The standard InChI is InChI=1S/C14H18O3/c1-10-9-12(7-8-14(10)17-3)13(16)6-4-5-11(2)15/h7-9H,4-6H2,1-3H3. The van der Waals surface area contributed by atoms with E-state index < -0.39 is 0 Å². The van der Waals surface area contributed by atoms with Crippen LogP contribution in [-0.4, -0.2) is 18.7 Å². The van der Waals surface area contributed by atoms with Gasteiger partial charge in [-0.1, -0.05) is 0 Å². The number of benzene rings is 1. The van der Waals surface area contributed by atoms with Gasteiger partial charge in [0.1, 0.15) is 11.5 Å². The van der Waals surface area contributed by atoms with Gasteiger partial charge in [0.25, 0.3) is 0 Å². The predicted molar refractivity (Wildman–Crippen MR) is 66.6 cm³/mol. The molecule has 0 fully saturated rings. The lowest BCUT2D eigenvalue weighted by Gasteiger charge is -2.06. The van der Waals surface area contributed by atoms with Gasteiger partial charge in [-0.25, -0.2) is 0 Å². The van der Waals surface area contributed by atoms with Gasteiger partial charge in [-0.15, -0.1) is 0 Å². The zero-order valence-electron chi connectivity index (χ0n) is 10.6. The fourth-order valence-corrected chi connectivity index (χ4v) is 1.69. The van der Waals surface area contributed by atoms with E-state index in [0.717, 1.165) is 11.3 Å². The summed E-state index contributed by atoms with van der Waals surface area (Å²) in [4.78, 5) is 22.6. The zero-order valence-corrected chi connectivity index (χ0v) is 10.6. The first-order valence-electron chi connectivity index (χ1n) is 5.72. The first-order chi connectivity index (χ1) is 8.04. The van der Waals surface area contributed by atoms with Gasteiger partial charge in [0.2, 0.25) is 0 Å². The predicted octanol–water partition coefficient (Wildman–Crippen LogP) is 2.95. The Kier molecular flexibility index (Phi) is 4.88. The van der Waals surface area contributed by atoms with E-state index in [2.05, 4.69) is 0 Å². The molecule has 0 saturated carbocycles. The highest BCUT2D eigenvalue weighted by Crippen LogP contribution is 2.19. The second kappa shape index (κ2) is 6.18. The van der Waals surface area contributed by atoms with Crippen LogP contribution in [0.2, 0.25) is 0 Å². The van der Waals surface area contributed by atoms with Crippen molar-refractivity contribution in [1.29, 1.82) is 0 Å². The number of ketones is 2. The number of aryl methyl sites for hydroxylation is 1. The Morgan fingerprint density at radius 1 is 1.24 bits per heavy atom. The summed E-state index contributed by atoms with van der Waals surface area (Å²) in [6.45, 7) is 3.45. The number of hydrogen-bond acceptors (Lipinski definition) is 3. The van der Waals surface area contributed by atoms with Gasteiger partial charge < -0.3 is 9.53 Å². The molecule has 0 unspecified atom stereocenters. The van der Waals surface area contributed by atoms with Gasteiger partial charge in [0, 0.05) is 18.4 Å². The average molecular weight is 234 g/mol. The Morgan fingerprint density at radius 3 is 2.47 bits per heavy atom. The van der Waals surface area contributed by atoms with Crippen molar-refractivity contribution in [2.45, 2.75) is 33.1 Å². The van der Waals surface area contributed by atoms with Crippen LogP contribution < -0.4 is 4.74 Å². The lowest BCUT2D eigenvalue weighted by atomic mass is 10.0. The summed E-state index contributed by atoms with van der Waals surface area (Å²) >= 11 is 0. The van der Waals surface area contributed by atoms with Crippen molar-refractivity contribution in [3.63, 3.8) is 0 Å². The number of ether oxygens (including phenoxy) is 1. The van der Waals surface area contributed by atoms with E-state index >= 15 is 0 Å². The van der Waals surface area contributed by atoms with Crippen LogP contribution in [0, 0.1) is 6.92 Å². The lowest BCUT2D eigenvalue weighted by Crippen LogP contribution is -2.01. The monoisotopic (exact) mass is 234 g/mol. The highest BCUT2D eigenvalue weighted by Gasteiger charge is 2.08. The van der Waals surface area contributed by atoms with Crippen molar-refractivity contribution in [3.8, 4) is 5.75 Å². The lowest BCUT2D eigenvalue weighted by molar-refractivity contribution is -0.117. The second-order valence-corrected chi connectivity index (χ2v) is 4.16. The minimum Gasteiger partial charge on any atom is -0.496 e. The molecule has 3 nitrogen and oxygen atoms in total. The maximum atomic E-state index is 11.8. The third kappa shape index (κ3) is 4.02. The summed E-state index contributed by atoms with van der Waals surface area (Å²) in [6.07, 6.45) is 1.52. The number of carbonyl (C=O) groups excluding carboxylic acids is 2. The molecule has 0 amide bonds. The van der Waals surface area contributed by atoms with Crippen LogP contribution >= 0.6 is 0 Å². The van der Waals surface area contributed by atoms with Crippen LogP contribution in [-0.2, 0) is 4.79 Å². The Labute approximate surface area is 102 Å². The van der Waals surface area contributed by atoms with E-state index in [1.807, 2.05) is 13.0 Å². The van der Waals surface area contributed by atoms with Crippen molar-refractivity contribution in [3.05, 3.63) is 29.3 Å². The quantitative estimate of drug-likeness (QED) is 0.711. The molecule has 1 aromatic carbocycles. The molecule has 0 atom stereocenters. The van der Waals surface area contributed by atoms with Gasteiger partial charge >= 0.3 is 0 Å². The van der Waals surface area contributed by atoms with Crippen molar-refractivity contribution in [2.24, 2.45) is 0 Å². The first kappa shape index (κ1) is 13.4. The molecule has 0 spiro atoms. The van der Waals surface area contributed by atoms with Gasteiger partial charge in [-0.05, 0) is 44.0 Å². The van der Waals surface area contributed by atoms with Crippen LogP contribution in [0.25, 0.3) is 0 Å². The molecule has 92 valence electrons. The molecule has 1 aromatic rings. The normalized spacial score (nSPS) is 10.1. The van der Waals surface area contributed by atoms with Crippen LogP contribution in [0.4, 0.5) is 0 Å². The van der Waals surface area contributed by atoms with Crippen molar-refractivity contribution in [1.82, 2.24) is 0 Å². The molecule has 0 bridgehead atoms. The Balaban J connectivity index is 2.63. The Morgan fingerprint density at radius 2 is 1.94 bits per heavy atom. The molecule has 0 aliphatic carbocycles. The van der Waals surface area contributed by atoms with Crippen LogP contribution in [0.15, 0.2) is 18.2 Å². The molecule has 0 radical (unpaired) electrons. The third-order valence-electron chi connectivity index (χ3n) is 2.65. The smallest absolute Gasteiger partial charge is 0.162 e. The molecule has 1 rings (SSSR count). The molecule has 0 N–H and O–H groups in total. The van der Waals surface area contributed by atoms with E-state index in [-0.39, 0.29) is 11.6 Å². The topological polar surface area (TPSA) is 43.4 Å². The maximum Gasteiger partial charge on any atom is 0.162 e. The number of rotatable bonds is 6. The molecular formula is C14H18O3. The van der Waals surface area contributed by atoms with Crippen molar-refractivity contribution in [2.75, 3.05) is 7.11 Å². The molecule has 0 aliphatic heterocycles. The Bertz CT molecular complexity index is 421. The van der Waals surface area contributed by atoms with Gasteiger partial charge in [-0.2, -0.15) is 0 Å². The van der Waals surface area contributed by atoms with E-state index in [1.54, 1.807) is 26.2 Å². The molecule has 0 saturated heterocycles. The third-order valence-corrected chi connectivity index (χ3v) is 2.65. The molecule has 0 aliphatic rings. The zero-order chi connectivity index (χ0) is 12.8. The summed E-state index contributed by atoms with van der Waals surface area (Å²) < 4.78 is 5.14. The average Bonchev–Trinajstić information content (AvgIpc) is 2.28. The second-order valence-electron chi connectivity index (χ2n) is 4.16. The molecule has 0 heterocycles. The molecular weight excluding hydrogens is 216 g/mol.